The zero-order chi connectivity index (χ0) is 11.4. The molecule has 0 bridgehead atoms. The van der Waals surface area contributed by atoms with Crippen molar-refractivity contribution in [3.63, 3.8) is 0 Å². The maximum absolute atomic E-state index is 10.8. The first kappa shape index (κ1) is 13.8. The van der Waals surface area contributed by atoms with E-state index in [1.165, 1.54) is 0 Å². The highest BCUT2D eigenvalue weighted by Gasteiger charge is 2.27. The molecule has 1 N–H and O–H groups in total. The molecule has 0 heterocycles. The smallest absolute Gasteiger partial charge is 0.309 e. The highest BCUT2D eigenvalue weighted by molar-refractivity contribution is 6.20. The minimum absolute atomic E-state index is 0.105. The number of carbonyl (C=O) groups is 1. The average Bonchev–Trinajstić information content (AvgIpc) is 1.99. The Morgan fingerprint density at radius 2 is 1.93 bits per heavy atom. The lowest BCUT2D eigenvalue weighted by atomic mass is 9.86. The second-order valence-electron chi connectivity index (χ2n) is 4.95. The van der Waals surface area contributed by atoms with Crippen LogP contribution in [0.5, 0.6) is 0 Å². The molecule has 0 aromatic carbocycles. The van der Waals surface area contributed by atoms with Crippen molar-refractivity contribution in [1.29, 1.82) is 0 Å². The minimum Gasteiger partial charge on any atom is -0.481 e. The van der Waals surface area contributed by atoms with Gasteiger partial charge in [0.05, 0.1) is 5.41 Å². The van der Waals surface area contributed by atoms with Crippen LogP contribution >= 0.6 is 11.6 Å². The van der Waals surface area contributed by atoms with Crippen LogP contribution in [0.15, 0.2) is 0 Å². The molecule has 84 valence electrons. The van der Waals surface area contributed by atoms with Crippen LogP contribution in [-0.4, -0.2) is 16.5 Å². The van der Waals surface area contributed by atoms with Crippen LogP contribution in [0.1, 0.15) is 47.0 Å². The van der Waals surface area contributed by atoms with Crippen molar-refractivity contribution in [3.8, 4) is 0 Å². The lowest BCUT2D eigenvalue weighted by Gasteiger charge is -2.21. The van der Waals surface area contributed by atoms with Gasteiger partial charge in [-0.05, 0) is 39.0 Å². The van der Waals surface area contributed by atoms with E-state index in [-0.39, 0.29) is 5.38 Å². The van der Waals surface area contributed by atoms with Crippen molar-refractivity contribution in [2.75, 3.05) is 0 Å². The van der Waals surface area contributed by atoms with Crippen molar-refractivity contribution in [2.45, 2.75) is 52.3 Å². The second kappa shape index (κ2) is 5.59. The van der Waals surface area contributed by atoms with E-state index in [1.807, 2.05) is 0 Å². The predicted octanol–water partition coefficient (Wildman–Crippen LogP) is 3.53. The van der Waals surface area contributed by atoms with Crippen molar-refractivity contribution >= 4 is 17.6 Å². The van der Waals surface area contributed by atoms with E-state index in [9.17, 15) is 4.79 Å². The molecule has 0 aromatic rings. The topological polar surface area (TPSA) is 37.3 Å². The summed E-state index contributed by atoms with van der Waals surface area (Å²) in [5, 5.41) is 9.00. The Kier molecular flexibility index (Phi) is 5.50. The van der Waals surface area contributed by atoms with Gasteiger partial charge in [0.15, 0.2) is 0 Å². The maximum atomic E-state index is 10.8. The van der Waals surface area contributed by atoms with Gasteiger partial charge in [-0.3, -0.25) is 4.79 Å². The van der Waals surface area contributed by atoms with E-state index in [4.69, 9.17) is 16.7 Å². The van der Waals surface area contributed by atoms with E-state index in [1.54, 1.807) is 13.8 Å². The Balaban J connectivity index is 3.87. The molecule has 0 amide bonds. The minimum atomic E-state index is -0.745. The molecule has 0 rings (SSSR count). The molecule has 2 nitrogen and oxygen atoms in total. The number of carboxylic acids is 1. The summed E-state index contributed by atoms with van der Waals surface area (Å²) < 4.78 is 0. The van der Waals surface area contributed by atoms with E-state index in [0.29, 0.717) is 12.3 Å². The van der Waals surface area contributed by atoms with E-state index < -0.39 is 11.4 Å². The Labute approximate surface area is 91.6 Å². The molecule has 0 aliphatic carbocycles. The first-order chi connectivity index (χ1) is 6.25. The van der Waals surface area contributed by atoms with Gasteiger partial charge in [-0.25, -0.2) is 0 Å². The van der Waals surface area contributed by atoms with Gasteiger partial charge in [-0.1, -0.05) is 13.8 Å². The molecule has 0 aromatic heterocycles. The number of hydrogen-bond donors (Lipinski definition) is 1. The Morgan fingerprint density at radius 3 is 2.29 bits per heavy atom. The number of carboxylic acid groups (broad SMARTS) is 1. The van der Waals surface area contributed by atoms with Gasteiger partial charge >= 0.3 is 5.97 Å². The van der Waals surface area contributed by atoms with Gasteiger partial charge in [0.1, 0.15) is 0 Å². The van der Waals surface area contributed by atoms with Gasteiger partial charge < -0.3 is 5.11 Å². The van der Waals surface area contributed by atoms with Crippen LogP contribution in [0, 0.1) is 11.3 Å². The van der Waals surface area contributed by atoms with Crippen molar-refractivity contribution in [1.82, 2.24) is 0 Å². The number of rotatable bonds is 6. The van der Waals surface area contributed by atoms with Gasteiger partial charge in [-0.2, -0.15) is 0 Å². The van der Waals surface area contributed by atoms with Crippen molar-refractivity contribution < 1.29 is 9.90 Å². The SMILES string of the molecule is CC(C)CC(Cl)CCC(C)(C)C(=O)O. The molecule has 3 heteroatoms. The Hall–Kier alpha value is -0.240. The lowest BCUT2D eigenvalue weighted by Crippen LogP contribution is -2.24. The fourth-order valence-corrected chi connectivity index (χ4v) is 1.72. The summed E-state index contributed by atoms with van der Waals surface area (Å²) in [6, 6.07) is 0. The van der Waals surface area contributed by atoms with E-state index in [0.717, 1.165) is 12.8 Å². The zero-order valence-electron chi connectivity index (χ0n) is 9.51. The van der Waals surface area contributed by atoms with Crippen LogP contribution in [0.4, 0.5) is 0 Å². The van der Waals surface area contributed by atoms with Gasteiger partial charge in [-0.15, -0.1) is 11.6 Å². The summed E-state index contributed by atoms with van der Waals surface area (Å²) >= 11 is 6.09. The highest BCUT2D eigenvalue weighted by atomic mass is 35.5. The molecule has 0 radical (unpaired) electrons. The molecule has 1 atom stereocenters. The van der Waals surface area contributed by atoms with Gasteiger partial charge in [0.2, 0.25) is 0 Å². The molecular formula is C11H21ClO2. The Morgan fingerprint density at radius 1 is 1.43 bits per heavy atom. The third kappa shape index (κ3) is 5.48. The van der Waals surface area contributed by atoms with E-state index >= 15 is 0 Å². The van der Waals surface area contributed by atoms with Crippen LogP contribution in [0.2, 0.25) is 0 Å². The largest absolute Gasteiger partial charge is 0.481 e. The number of halogens is 1. The summed E-state index contributed by atoms with van der Waals surface area (Å²) in [7, 11) is 0. The quantitative estimate of drug-likeness (QED) is 0.696. The predicted molar refractivity (Wildman–Crippen MR) is 59.7 cm³/mol. The third-order valence-corrected chi connectivity index (χ3v) is 2.79. The molecule has 14 heavy (non-hydrogen) atoms. The standard InChI is InChI=1S/C11H21ClO2/c1-8(2)7-9(12)5-6-11(3,4)10(13)14/h8-9H,5-7H2,1-4H3,(H,13,14). The van der Waals surface area contributed by atoms with Crippen molar-refractivity contribution in [2.24, 2.45) is 11.3 Å². The fraction of sp³-hybridized carbons (Fsp3) is 0.909. The zero-order valence-corrected chi connectivity index (χ0v) is 10.3. The van der Waals surface area contributed by atoms with Crippen LogP contribution in [-0.2, 0) is 4.79 Å². The normalized spacial score (nSPS) is 14.4. The molecule has 1 unspecified atom stereocenters. The summed E-state index contributed by atoms with van der Waals surface area (Å²) in [5.41, 5.74) is -0.649. The van der Waals surface area contributed by atoms with Gasteiger partial charge in [0.25, 0.3) is 0 Å². The average molecular weight is 221 g/mol. The molecule has 0 aliphatic heterocycles. The fourth-order valence-electron chi connectivity index (χ4n) is 1.25. The number of aliphatic carboxylic acids is 1. The van der Waals surface area contributed by atoms with Crippen molar-refractivity contribution in [3.05, 3.63) is 0 Å². The highest BCUT2D eigenvalue weighted by Crippen LogP contribution is 2.26. The van der Waals surface area contributed by atoms with Crippen LogP contribution in [0.3, 0.4) is 0 Å². The Bertz CT molecular complexity index is 188. The summed E-state index contributed by atoms with van der Waals surface area (Å²) in [4.78, 5) is 10.8. The number of hydrogen-bond acceptors (Lipinski definition) is 1. The van der Waals surface area contributed by atoms with E-state index in [2.05, 4.69) is 13.8 Å². The molecule has 0 spiro atoms. The molecule has 0 saturated heterocycles. The second-order valence-corrected chi connectivity index (χ2v) is 5.57. The first-order valence-electron chi connectivity index (χ1n) is 5.13. The summed E-state index contributed by atoms with van der Waals surface area (Å²) in [6.07, 6.45) is 2.37. The molecule has 0 saturated carbocycles. The summed E-state index contributed by atoms with van der Waals surface area (Å²) in [6.45, 7) is 7.73. The third-order valence-electron chi connectivity index (χ3n) is 2.39. The molecule has 0 aliphatic rings. The molecule has 0 fully saturated rings. The maximum Gasteiger partial charge on any atom is 0.309 e. The molecular weight excluding hydrogens is 200 g/mol. The first-order valence-corrected chi connectivity index (χ1v) is 5.57. The van der Waals surface area contributed by atoms with Gasteiger partial charge in [0, 0.05) is 5.38 Å². The van der Waals surface area contributed by atoms with Crippen LogP contribution in [0.25, 0.3) is 0 Å². The lowest BCUT2D eigenvalue weighted by molar-refractivity contribution is -0.147. The van der Waals surface area contributed by atoms with Crippen LogP contribution < -0.4 is 0 Å². The monoisotopic (exact) mass is 220 g/mol. The summed E-state index contributed by atoms with van der Waals surface area (Å²) in [5.74, 6) is -0.170. The number of alkyl halides is 1.